The lowest BCUT2D eigenvalue weighted by Gasteiger charge is -2.09. The predicted molar refractivity (Wildman–Crippen MR) is 92.8 cm³/mol. The molecule has 1 N–H and O–H groups in total. The summed E-state index contributed by atoms with van der Waals surface area (Å²) in [7, 11) is 0. The van der Waals surface area contributed by atoms with Crippen LogP contribution in [0.15, 0.2) is 60.7 Å². The molecule has 0 fully saturated rings. The van der Waals surface area contributed by atoms with E-state index in [1.807, 2.05) is 24.3 Å². The number of rotatable bonds is 5. The summed E-state index contributed by atoms with van der Waals surface area (Å²) in [5.41, 5.74) is 0.139. The molecule has 0 amide bonds. The predicted octanol–water partition coefficient (Wildman–Crippen LogP) is 4.43. The highest BCUT2D eigenvalue weighted by molar-refractivity contribution is 6.30. The molecule has 0 saturated heterocycles. The van der Waals surface area contributed by atoms with Gasteiger partial charge in [-0.05, 0) is 47.2 Å². The Labute approximate surface area is 144 Å². The zero-order valence-electron chi connectivity index (χ0n) is 12.7. The fourth-order valence-electron chi connectivity index (χ4n) is 2.29. The Kier molecular flexibility index (Phi) is 4.87. The number of phenols is 1. The van der Waals surface area contributed by atoms with Gasteiger partial charge in [0.05, 0.1) is 0 Å². The Bertz CT molecular complexity index is 859. The fraction of sp³-hybridized carbons (Fsp3) is 0.105. The number of carbonyl (C=O) groups excluding carboxylic acids is 1. The number of esters is 1. The Morgan fingerprint density at radius 2 is 1.62 bits per heavy atom. The molecule has 0 atom stereocenters. The van der Waals surface area contributed by atoms with Gasteiger partial charge in [0.15, 0.2) is 0 Å². The van der Waals surface area contributed by atoms with Gasteiger partial charge in [0.25, 0.3) is 0 Å². The molecule has 4 nitrogen and oxygen atoms in total. The van der Waals surface area contributed by atoms with E-state index in [9.17, 15) is 9.90 Å². The largest absolute Gasteiger partial charge is 0.507 e. The molecule has 24 heavy (non-hydrogen) atoms. The van der Waals surface area contributed by atoms with Crippen molar-refractivity contribution in [2.24, 2.45) is 0 Å². The second-order valence-electron chi connectivity index (χ2n) is 5.15. The summed E-state index contributed by atoms with van der Waals surface area (Å²) < 4.78 is 10.6. The second-order valence-corrected chi connectivity index (χ2v) is 5.59. The Balaban J connectivity index is 1.59. The zero-order chi connectivity index (χ0) is 16.9. The highest BCUT2D eigenvalue weighted by Gasteiger charge is 2.13. The highest BCUT2D eigenvalue weighted by atomic mass is 35.5. The van der Waals surface area contributed by atoms with Crippen molar-refractivity contribution in [3.8, 4) is 11.5 Å². The summed E-state index contributed by atoms with van der Waals surface area (Å²) in [6.07, 6.45) is 0. The maximum atomic E-state index is 12.1. The third kappa shape index (κ3) is 3.78. The smallest absolute Gasteiger partial charge is 0.342 e. The van der Waals surface area contributed by atoms with Gasteiger partial charge in [-0.3, -0.25) is 0 Å². The zero-order valence-corrected chi connectivity index (χ0v) is 13.5. The summed E-state index contributed by atoms with van der Waals surface area (Å²) in [4.78, 5) is 12.1. The van der Waals surface area contributed by atoms with Gasteiger partial charge in [-0.1, -0.05) is 35.9 Å². The molecule has 0 saturated carbocycles. The van der Waals surface area contributed by atoms with Gasteiger partial charge in [-0.15, -0.1) is 0 Å². The van der Waals surface area contributed by atoms with Crippen LogP contribution in [-0.4, -0.2) is 24.3 Å². The monoisotopic (exact) mass is 342 g/mol. The van der Waals surface area contributed by atoms with Crippen molar-refractivity contribution in [2.75, 3.05) is 13.2 Å². The van der Waals surface area contributed by atoms with Crippen LogP contribution in [0, 0.1) is 0 Å². The minimum Gasteiger partial charge on any atom is -0.507 e. The molecule has 0 heterocycles. The fourth-order valence-corrected chi connectivity index (χ4v) is 2.42. The van der Waals surface area contributed by atoms with Crippen LogP contribution in [0.3, 0.4) is 0 Å². The van der Waals surface area contributed by atoms with E-state index in [4.69, 9.17) is 21.1 Å². The lowest BCUT2D eigenvalue weighted by Crippen LogP contribution is -2.12. The normalized spacial score (nSPS) is 10.5. The Hall–Kier alpha value is -2.72. The van der Waals surface area contributed by atoms with Crippen molar-refractivity contribution in [2.45, 2.75) is 0 Å². The molecule has 0 spiro atoms. The van der Waals surface area contributed by atoms with Gasteiger partial charge in [0.2, 0.25) is 0 Å². The Morgan fingerprint density at radius 1 is 0.958 bits per heavy atom. The third-order valence-electron chi connectivity index (χ3n) is 3.48. The molecule has 0 radical (unpaired) electrons. The number of aromatic hydroxyl groups is 1. The first-order valence-corrected chi connectivity index (χ1v) is 7.78. The van der Waals surface area contributed by atoms with Crippen molar-refractivity contribution in [3.63, 3.8) is 0 Å². The first-order chi connectivity index (χ1) is 11.6. The lowest BCUT2D eigenvalue weighted by molar-refractivity contribution is 0.0447. The number of hydrogen-bond donors (Lipinski definition) is 1. The van der Waals surface area contributed by atoms with Crippen LogP contribution >= 0.6 is 11.6 Å². The van der Waals surface area contributed by atoms with Crippen LogP contribution in [0.1, 0.15) is 10.4 Å². The number of benzene rings is 3. The lowest BCUT2D eigenvalue weighted by atomic mass is 10.1. The molecule has 122 valence electrons. The topological polar surface area (TPSA) is 55.8 Å². The molecule has 0 aliphatic carbocycles. The molecule has 0 bridgehead atoms. The first kappa shape index (κ1) is 16.1. The minimum atomic E-state index is -0.585. The maximum Gasteiger partial charge on any atom is 0.342 e. The average molecular weight is 343 g/mol. The van der Waals surface area contributed by atoms with E-state index in [0.717, 1.165) is 10.8 Å². The summed E-state index contributed by atoms with van der Waals surface area (Å²) in [5, 5.41) is 12.3. The van der Waals surface area contributed by atoms with Gasteiger partial charge in [0.1, 0.15) is 30.3 Å². The molecule has 3 aromatic carbocycles. The summed E-state index contributed by atoms with van der Waals surface area (Å²) in [5.74, 6) is -0.0423. The van der Waals surface area contributed by atoms with E-state index in [1.165, 1.54) is 0 Å². The molecule has 3 rings (SSSR count). The van der Waals surface area contributed by atoms with Crippen LogP contribution in [-0.2, 0) is 4.74 Å². The molecule has 0 aliphatic heterocycles. The van der Waals surface area contributed by atoms with E-state index in [0.29, 0.717) is 10.8 Å². The number of ether oxygens (including phenoxy) is 2. The van der Waals surface area contributed by atoms with E-state index in [2.05, 4.69) is 0 Å². The van der Waals surface area contributed by atoms with E-state index < -0.39 is 5.97 Å². The molecule has 5 heteroatoms. The van der Waals surface area contributed by atoms with Gasteiger partial charge in [0, 0.05) is 5.02 Å². The molecule has 0 aromatic heterocycles. The van der Waals surface area contributed by atoms with Crippen LogP contribution in [0.5, 0.6) is 11.5 Å². The molecular formula is C19H15ClO4. The number of fused-ring (bicyclic) bond motifs is 1. The van der Waals surface area contributed by atoms with Crippen molar-refractivity contribution in [1.29, 1.82) is 0 Å². The third-order valence-corrected chi connectivity index (χ3v) is 3.73. The van der Waals surface area contributed by atoms with Crippen molar-refractivity contribution in [1.82, 2.24) is 0 Å². The van der Waals surface area contributed by atoms with Crippen LogP contribution in [0.2, 0.25) is 5.02 Å². The van der Waals surface area contributed by atoms with Crippen LogP contribution in [0.25, 0.3) is 10.8 Å². The van der Waals surface area contributed by atoms with E-state index >= 15 is 0 Å². The summed E-state index contributed by atoms with van der Waals surface area (Å²) >= 11 is 5.79. The summed E-state index contributed by atoms with van der Waals surface area (Å²) in [6.45, 7) is 0.287. The second kappa shape index (κ2) is 7.23. The number of phenolic OH excluding ortho intramolecular Hbond substituents is 1. The SMILES string of the molecule is O=C(OCCOc1ccc(Cl)cc1)c1cc2ccccc2cc1O. The quantitative estimate of drug-likeness (QED) is 0.550. The van der Waals surface area contributed by atoms with Crippen molar-refractivity contribution < 1.29 is 19.4 Å². The standard InChI is InChI=1S/C19H15ClO4/c20-15-5-7-16(8-6-15)23-9-10-24-19(22)17-11-13-3-1-2-4-14(13)12-18(17)21/h1-8,11-12,21H,9-10H2. The Morgan fingerprint density at radius 3 is 2.33 bits per heavy atom. The number of carbonyl (C=O) groups is 1. The number of halogens is 1. The van der Waals surface area contributed by atoms with Gasteiger partial charge in [-0.25, -0.2) is 4.79 Å². The molecule has 0 unspecified atom stereocenters. The van der Waals surface area contributed by atoms with E-state index in [-0.39, 0.29) is 24.5 Å². The average Bonchev–Trinajstić information content (AvgIpc) is 2.59. The van der Waals surface area contributed by atoms with Crippen LogP contribution < -0.4 is 4.74 Å². The molecule has 0 aliphatic rings. The maximum absolute atomic E-state index is 12.1. The van der Waals surface area contributed by atoms with Crippen molar-refractivity contribution >= 4 is 28.3 Å². The highest BCUT2D eigenvalue weighted by Crippen LogP contribution is 2.25. The summed E-state index contributed by atoms with van der Waals surface area (Å²) in [6, 6.07) is 17.6. The molecule has 3 aromatic rings. The number of hydrogen-bond acceptors (Lipinski definition) is 4. The van der Waals surface area contributed by atoms with Crippen LogP contribution in [0.4, 0.5) is 0 Å². The minimum absolute atomic E-state index is 0.0771. The van der Waals surface area contributed by atoms with Gasteiger partial charge >= 0.3 is 5.97 Å². The van der Waals surface area contributed by atoms with Gasteiger partial charge in [-0.2, -0.15) is 0 Å². The van der Waals surface area contributed by atoms with E-state index in [1.54, 1.807) is 36.4 Å². The molecular weight excluding hydrogens is 328 g/mol. The first-order valence-electron chi connectivity index (χ1n) is 7.41. The van der Waals surface area contributed by atoms with Gasteiger partial charge < -0.3 is 14.6 Å². The van der Waals surface area contributed by atoms with Crippen molar-refractivity contribution in [3.05, 3.63) is 71.2 Å².